The lowest BCUT2D eigenvalue weighted by Crippen LogP contribution is -2.27. The summed E-state index contributed by atoms with van der Waals surface area (Å²) < 4.78 is 38.4. The molecule has 0 bridgehead atoms. The second kappa shape index (κ2) is 9.80. The van der Waals surface area contributed by atoms with Crippen molar-refractivity contribution < 1.29 is 23.0 Å². The van der Waals surface area contributed by atoms with Gasteiger partial charge < -0.3 is 15.2 Å². The highest BCUT2D eigenvalue weighted by Crippen LogP contribution is 2.27. The molecule has 0 saturated carbocycles. The number of carbonyl (C=O) groups excluding carboxylic acids is 1. The van der Waals surface area contributed by atoms with Crippen molar-refractivity contribution in [2.45, 2.75) is 32.7 Å². The molecule has 2 aromatic heterocycles. The summed E-state index contributed by atoms with van der Waals surface area (Å²) in [6.45, 7) is 3.74. The van der Waals surface area contributed by atoms with Gasteiger partial charge in [-0.15, -0.1) is 0 Å². The van der Waals surface area contributed by atoms with Crippen LogP contribution in [0.25, 0.3) is 5.69 Å². The van der Waals surface area contributed by atoms with E-state index in [0.717, 1.165) is 12.1 Å². The number of aryl methyl sites for hydroxylation is 1. The Morgan fingerprint density at radius 2 is 2.03 bits per heavy atom. The molecule has 1 aromatic carbocycles. The van der Waals surface area contributed by atoms with Gasteiger partial charge in [-0.3, -0.25) is 4.79 Å². The maximum atomic E-state index is 14.5. The zero-order chi connectivity index (χ0) is 22.5. The van der Waals surface area contributed by atoms with Crippen molar-refractivity contribution >= 4 is 17.6 Å². The summed E-state index contributed by atoms with van der Waals surface area (Å²) >= 11 is 5.65. The van der Waals surface area contributed by atoms with Gasteiger partial charge >= 0.3 is 5.97 Å². The first-order valence-electron chi connectivity index (χ1n) is 9.39. The molecule has 0 aliphatic carbocycles. The van der Waals surface area contributed by atoms with Crippen LogP contribution in [0.3, 0.4) is 0 Å². The third-order valence-electron chi connectivity index (χ3n) is 4.19. The summed E-state index contributed by atoms with van der Waals surface area (Å²) in [6, 6.07) is 4.49. The lowest BCUT2D eigenvalue weighted by atomic mass is 10.1. The molecule has 0 aliphatic rings. The van der Waals surface area contributed by atoms with Crippen LogP contribution in [0.1, 0.15) is 24.7 Å². The van der Waals surface area contributed by atoms with E-state index in [1.807, 2.05) is 0 Å². The molecule has 0 radical (unpaired) electrons. The van der Waals surface area contributed by atoms with Crippen molar-refractivity contribution in [3.8, 4) is 17.3 Å². The first-order chi connectivity index (χ1) is 14.8. The van der Waals surface area contributed by atoms with Gasteiger partial charge in [-0.05, 0) is 32.0 Å². The number of nitrogens with two attached hydrogens (primary N) is 1. The van der Waals surface area contributed by atoms with Crippen molar-refractivity contribution in [2.24, 2.45) is 5.73 Å². The molecule has 8 nitrogen and oxygen atoms in total. The van der Waals surface area contributed by atoms with Gasteiger partial charge in [-0.1, -0.05) is 11.6 Å². The van der Waals surface area contributed by atoms with Gasteiger partial charge in [0.15, 0.2) is 17.4 Å². The highest BCUT2D eigenvalue weighted by Gasteiger charge is 2.17. The van der Waals surface area contributed by atoms with Gasteiger partial charge in [0.25, 0.3) is 5.88 Å². The predicted molar refractivity (Wildman–Crippen MR) is 108 cm³/mol. The Kier molecular flexibility index (Phi) is 7.13. The van der Waals surface area contributed by atoms with Gasteiger partial charge in [-0.25, -0.2) is 13.8 Å². The molecule has 2 heterocycles. The van der Waals surface area contributed by atoms with Crippen LogP contribution >= 0.6 is 11.6 Å². The molecule has 3 rings (SSSR count). The SMILES string of the molecule is CCOC(=O)CC(N)Cc1nn(-c2ccc(Oc3ncc(Cl)cc3F)c(F)c2)nc1C. The molecule has 2 N–H and O–H groups in total. The lowest BCUT2D eigenvalue weighted by Gasteiger charge is -2.09. The van der Waals surface area contributed by atoms with Crippen LogP contribution in [-0.4, -0.2) is 38.6 Å². The van der Waals surface area contributed by atoms with E-state index in [2.05, 4.69) is 15.2 Å². The number of benzene rings is 1. The standard InChI is InChI=1S/C20H20ClF2N5O3/c1-3-30-19(29)8-13(24)7-17-11(2)26-28(27-17)14-4-5-18(15(22)9-14)31-20-16(23)6-12(21)10-25-20/h4-6,9-10,13H,3,7-8,24H2,1-2H3. The van der Waals surface area contributed by atoms with Crippen molar-refractivity contribution in [2.75, 3.05) is 6.61 Å². The average molecular weight is 452 g/mol. The molecule has 11 heteroatoms. The second-order valence-corrected chi connectivity index (χ2v) is 7.09. The van der Waals surface area contributed by atoms with E-state index < -0.39 is 23.6 Å². The van der Waals surface area contributed by atoms with Crippen molar-refractivity contribution in [1.82, 2.24) is 20.0 Å². The lowest BCUT2D eigenvalue weighted by molar-refractivity contribution is -0.143. The van der Waals surface area contributed by atoms with E-state index in [-0.39, 0.29) is 29.8 Å². The number of nitrogens with zero attached hydrogens (tertiary/aromatic N) is 4. The normalized spacial score (nSPS) is 11.9. The topological polar surface area (TPSA) is 105 Å². The van der Waals surface area contributed by atoms with Crippen LogP contribution in [0.15, 0.2) is 30.5 Å². The third-order valence-corrected chi connectivity index (χ3v) is 4.40. The van der Waals surface area contributed by atoms with Gasteiger partial charge in [0, 0.05) is 24.7 Å². The summed E-state index contributed by atoms with van der Waals surface area (Å²) in [5.74, 6) is -2.59. The molecule has 31 heavy (non-hydrogen) atoms. The Morgan fingerprint density at radius 3 is 2.71 bits per heavy atom. The summed E-state index contributed by atoms with van der Waals surface area (Å²) in [5, 5.41) is 8.69. The van der Waals surface area contributed by atoms with E-state index in [4.69, 9.17) is 26.8 Å². The number of carbonyl (C=O) groups is 1. The summed E-state index contributed by atoms with van der Waals surface area (Å²) in [4.78, 5) is 16.5. The highest BCUT2D eigenvalue weighted by atomic mass is 35.5. The van der Waals surface area contributed by atoms with E-state index >= 15 is 0 Å². The second-order valence-electron chi connectivity index (χ2n) is 6.65. The Labute approximate surface area is 181 Å². The molecule has 0 fully saturated rings. The molecule has 0 saturated heterocycles. The number of ether oxygens (including phenoxy) is 2. The number of rotatable bonds is 8. The van der Waals surface area contributed by atoms with Crippen molar-refractivity contribution in [3.63, 3.8) is 0 Å². The zero-order valence-corrected chi connectivity index (χ0v) is 17.6. The zero-order valence-electron chi connectivity index (χ0n) is 16.8. The molecule has 164 valence electrons. The largest absolute Gasteiger partial charge is 0.466 e. The fourth-order valence-corrected chi connectivity index (χ4v) is 2.89. The van der Waals surface area contributed by atoms with Crippen LogP contribution in [-0.2, 0) is 16.0 Å². The van der Waals surface area contributed by atoms with E-state index in [0.29, 0.717) is 23.5 Å². The van der Waals surface area contributed by atoms with Crippen LogP contribution in [0.2, 0.25) is 5.02 Å². The molecule has 0 amide bonds. The predicted octanol–water partition coefficient (Wildman–Crippen LogP) is 3.52. The van der Waals surface area contributed by atoms with Crippen LogP contribution < -0.4 is 10.5 Å². The fraction of sp³-hybridized carbons (Fsp3) is 0.300. The Balaban J connectivity index is 1.74. The number of aromatic nitrogens is 4. The molecule has 1 unspecified atom stereocenters. The Bertz CT molecular complexity index is 1090. The molecular weight excluding hydrogens is 432 g/mol. The molecular formula is C20H20ClF2N5O3. The maximum absolute atomic E-state index is 14.5. The van der Waals surface area contributed by atoms with Crippen molar-refractivity contribution in [1.29, 1.82) is 0 Å². The van der Waals surface area contributed by atoms with Gasteiger partial charge in [0.2, 0.25) is 0 Å². The minimum absolute atomic E-state index is 0.0517. The number of pyridine rings is 1. The van der Waals surface area contributed by atoms with Crippen LogP contribution in [0, 0.1) is 18.6 Å². The van der Waals surface area contributed by atoms with Crippen LogP contribution in [0.4, 0.5) is 8.78 Å². The van der Waals surface area contributed by atoms with Crippen LogP contribution in [0.5, 0.6) is 11.6 Å². The van der Waals surface area contributed by atoms with Gasteiger partial charge in [-0.2, -0.15) is 15.0 Å². The highest BCUT2D eigenvalue weighted by molar-refractivity contribution is 6.30. The monoisotopic (exact) mass is 451 g/mol. The summed E-state index contributed by atoms with van der Waals surface area (Å²) in [6.07, 6.45) is 1.54. The van der Waals surface area contributed by atoms with Crippen molar-refractivity contribution in [3.05, 3.63) is 58.5 Å². The number of hydrogen-bond acceptors (Lipinski definition) is 7. The van der Waals surface area contributed by atoms with Gasteiger partial charge in [0.05, 0.1) is 35.1 Å². The minimum Gasteiger partial charge on any atom is -0.466 e. The van der Waals surface area contributed by atoms with E-state index in [1.165, 1.54) is 23.1 Å². The summed E-state index contributed by atoms with van der Waals surface area (Å²) in [7, 11) is 0. The van der Waals surface area contributed by atoms with E-state index in [1.54, 1.807) is 13.8 Å². The number of halogens is 3. The number of hydrogen-bond donors (Lipinski definition) is 1. The van der Waals surface area contributed by atoms with Gasteiger partial charge in [0.1, 0.15) is 0 Å². The Hall–Kier alpha value is -3.11. The molecule has 0 spiro atoms. The maximum Gasteiger partial charge on any atom is 0.307 e. The summed E-state index contributed by atoms with van der Waals surface area (Å²) in [5.41, 5.74) is 7.48. The fourth-order valence-electron chi connectivity index (χ4n) is 2.75. The molecule has 1 atom stereocenters. The average Bonchev–Trinajstić information content (AvgIpc) is 3.05. The molecule has 0 aliphatic heterocycles. The number of esters is 1. The first-order valence-corrected chi connectivity index (χ1v) is 9.77. The minimum atomic E-state index is -0.816. The third kappa shape index (κ3) is 5.74. The Morgan fingerprint density at radius 1 is 1.26 bits per heavy atom. The van der Waals surface area contributed by atoms with E-state index in [9.17, 15) is 13.6 Å². The molecule has 3 aromatic rings. The first kappa shape index (κ1) is 22.6. The quantitative estimate of drug-likeness (QED) is 0.522. The smallest absolute Gasteiger partial charge is 0.307 e.